The fourth-order valence-corrected chi connectivity index (χ4v) is 4.45. The Balaban J connectivity index is 1.48. The van der Waals surface area contributed by atoms with Gasteiger partial charge in [-0.2, -0.15) is 0 Å². The maximum absolute atomic E-state index is 13.2. The van der Waals surface area contributed by atoms with Crippen molar-refractivity contribution in [2.45, 2.75) is 52.6 Å². The van der Waals surface area contributed by atoms with Crippen molar-refractivity contribution in [3.05, 3.63) is 76.9 Å². The zero-order chi connectivity index (χ0) is 26.9. The number of carbonyl (C=O) groups excluding carboxylic acids is 3. The van der Waals surface area contributed by atoms with Gasteiger partial charge in [0, 0.05) is 23.2 Å². The normalized spacial score (nSPS) is 13.9. The molecular weight excluding hydrogens is 468 g/mol. The van der Waals surface area contributed by atoms with E-state index in [1.807, 2.05) is 38.1 Å². The summed E-state index contributed by atoms with van der Waals surface area (Å²) < 4.78 is 4.93. The number of methoxy groups -OCH3 is 1. The number of ether oxygens (including phenoxy) is 1. The van der Waals surface area contributed by atoms with Gasteiger partial charge in [-0.25, -0.2) is 4.79 Å². The zero-order valence-corrected chi connectivity index (χ0v) is 22.0. The summed E-state index contributed by atoms with van der Waals surface area (Å²) in [6, 6.07) is 15.8. The van der Waals surface area contributed by atoms with E-state index in [1.54, 1.807) is 35.2 Å². The van der Waals surface area contributed by atoms with E-state index in [0.29, 0.717) is 29.2 Å². The van der Waals surface area contributed by atoms with Crippen molar-refractivity contribution in [2.75, 3.05) is 12.4 Å². The van der Waals surface area contributed by atoms with Crippen molar-refractivity contribution < 1.29 is 19.1 Å². The highest BCUT2D eigenvalue weighted by Gasteiger charge is 2.38. The molecule has 0 aliphatic carbocycles. The average Bonchev–Trinajstić information content (AvgIpc) is 3.19. The predicted octanol–water partition coefficient (Wildman–Crippen LogP) is 4.85. The molecule has 1 aliphatic heterocycles. The Bertz CT molecular complexity index is 1330. The van der Waals surface area contributed by atoms with Crippen LogP contribution in [0.5, 0.6) is 0 Å². The second kappa shape index (κ2) is 10.1. The van der Waals surface area contributed by atoms with Gasteiger partial charge in [-0.3, -0.25) is 9.59 Å². The van der Waals surface area contributed by atoms with Crippen LogP contribution in [0.3, 0.4) is 0 Å². The second-order valence-corrected chi connectivity index (χ2v) is 10.6. The maximum atomic E-state index is 13.2. The molecule has 2 amide bonds. The van der Waals surface area contributed by atoms with Gasteiger partial charge in [-0.15, -0.1) is 10.2 Å². The Labute approximate surface area is 217 Å². The number of benzene rings is 2. The lowest BCUT2D eigenvalue weighted by Crippen LogP contribution is -2.45. The summed E-state index contributed by atoms with van der Waals surface area (Å²) in [6.07, 6.45) is 0. The highest BCUT2D eigenvalue weighted by Crippen LogP contribution is 2.31. The fourth-order valence-electron chi connectivity index (χ4n) is 4.45. The zero-order valence-electron chi connectivity index (χ0n) is 22.0. The molecule has 0 bridgehead atoms. The molecule has 2 aromatic carbocycles. The van der Waals surface area contributed by atoms with E-state index in [2.05, 4.69) is 36.3 Å². The molecule has 8 heteroatoms. The van der Waals surface area contributed by atoms with Gasteiger partial charge >= 0.3 is 5.97 Å². The molecule has 3 aromatic rings. The first-order chi connectivity index (χ1) is 17.5. The third kappa shape index (κ3) is 5.38. The Morgan fingerprint density at radius 2 is 1.70 bits per heavy atom. The number of hydrogen-bond donors (Lipinski definition) is 1. The minimum absolute atomic E-state index is 0.00819. The third-order valence-corrected chi connectivity index (χ3v) is 6.57. The number of nitrogens with zero attached hydrogens (tertiary/aromatic N) is 3. The van der Waals surface area contributed by atoms with Crippen LogP contribution in [0.1, 0.15) is 66.5 Å². The molecular formula is C29H32N4O4. The lowest BCUT2D eigenvalue weighted by molar-refractivity contribution is -0.147. The average molecular weight is 501 g/mol. The van der Waals surface area contributed by atoms with Crippen molar-refractivity contribution in [1.82, 2.24) is 15.1 Å². The van der Waals surface area contributed by atoms with Crippen LogP contribution < -0.4 is 5.32 Å². The highest BCUT2D eigenvalue weighted by molar-refractivity contribution is 6.04. The molecule has 0 radical (unpaired) electrons. The number of amides is 2. The van der Waals surface area contributed by atoms with Crippen LogP contribution >= 0.6 is 0 Å². The maximum Gasteiger partial charge on any atom is 0.328 e. The summed E-state index contributed by atoms with van der Waals surface area (Å²) in [4.78, 5) is 39.7. The van der Waals surface area contributed by atoms with Crippen molar-refractivity contribution in [3.8, 4) is 11.3 Å². The molecule has 1 N–H and O–H groups in total. The molecule has 8 nitrogen and oxygen atoms in total. The number of hydrogen-bond acceptors (Lipinski definition) is 6. The molecule has 192 valence electrons. The first kappa shape index (κ1) is 26.0. The summed E-state index contributed by atoms with van der Waals surface area (Å²) in [7, 11) is 1.33. The van der Waals surface area contributed by atoms with Gasteiger partial charge in [-0.05, 0) is 52.8 Å². The topological polar surface area (TPSA) is 101 Å². The number of esters is 1. The van der Waals surface area contributed by atoms with Crippen molar-refractivity contribution in [3.63, 3.8) is 0 Å². The minimum atomic E-state index is -0.652. The van der Waals surface area contributed by atoms with Gasteiger partial charge in [0.15, 0.2) is 5.82 Å². The molecule has 0 spiro atoms. The molecule has 1 unspecified atom stereocenters. The van der Waals surface area contributed by atoms with E-state index in [1.165, 1.54) is 7.11 Å². The first-order valence-electron chi connectivity index (χ1n) is 12.3. The van der Waals surface area contributed by atoms with Gasteiger partial charge in [0.25, 0.3) is 11.8 Å². The standard InChI is InChI=1S/C29H32N4O4/c1-17(2)25(28(36)37-6)33-16-20-8-7-19(15-22(20)27(33)35)23-13-14-24(32-31-23)30-26(34)18-9-11-21(12-10-18)29(3,4)5/h7-15,17,25H,16H2,1-6H3,(H,30,32,34). The van der Waals surface area contributed by atoms with Gasteiger partial charge < -0.3 is 15.0 Å². The minimum Gasteiger partial charge on any atom is -0.467 e. The quantitative estimate of drug-likeness (QED) is 0.486. The number of carbonyl (C=O) groups is 3. The lowest BCUT2D eigenvalue weighted by Gasteiger charge is -2.28. The number of aromatic nitrogens is 2. The van der Waals surface area contributed by atoms with E-state index in [4.69, 9.17) is 4.74 Å². The van der Waals surface area contributed by atoms with Crippen LogP contribution in [0.25, 0.3) is 11.3 Å². The monoisotopic (exact) mass is 500 g/mol. The molecule has 1 aromatic heterocycles. The molecule has 37 heavy (non-hydrogen) atoms. The molecule has 0 saturated heterocycles. The van der Waals surface area contributed by atoms with Gasteiger partial charge in [0.2, 0.25) is 0 Å². The first-order valence-corrected chi connectivity index (χ1v) is 12.3. The number of rotatable bonds is 6. The third-order valence-electron chi connectivity index (χ3n) is 6.57. The second-order valence-electron chi connectivity index (χ2n) is 10.6. The molecule has 2 heterocycles. The van der Waals surface area contributed by atoms with Gasteiger partial charge in [-0.1, -0.05) is 58.9 Å². The van der Waals surface area contributed by atoms with Crippen LogP contribution in [0.15, 0.2) is 54.6 Å². The SMILES string of the molecule is COC(=O)C(C(C)C)N1Cc2ccc(-c3ccc(NC(=O)c4ccc(C(C)(C)C)cc4)nn3)cc2C1=O. The van der Waals surface area contributed by atoms with Crippen LogP contribution in [0, 0.1) is 5.92 Å². The summed E-state index contributed by atoms with van der Waals surface area (Å²) >= 11 is 0. The molecule has 0 saturated carbocycles. The van der Waals surface area contributed by atoms with Gasteiger partial charge in [0.05, 0.1) is 12.8 Å². The fraction of sp³-hybridized carbons (Fsp3) is 0.345. The lowest BCUT2D eigenvalue weighted by atomic mass is 9.87. The van der Waals surface area contributed by atoms with Crippen LogP contribution in [-0.2, 0) is 21.5 Å². The highest BCUT2D eigenvalue weighted by atomic mass is 16.5. The Morgan fingerprint density at radius 1 is 1.00 bits per heavy atom. The molecule has 1 atom stereocenters. The van der Waals surface area contributed by atoms with Crippen LogP contribution in [-0.4, -0.2) is 46.0 Å². The summed E-state index contributed by atoms with van der Waals surface area (Å²) in [5.41, 5.74) is 4.35. The Morgan fingerprint density at radius 3 is 2.27 bits per heavy atom. The van der Waals surface area contributed by atoms with E-state index in [0.717, 1.165) is 16.7 Å². The Hall–Kier alpha value is -4.07. The molecule has 1 aliphatic rings. The van der Waals surface area contributed by atoms with E-state index < -0.39 is 12.0 Å². The number of nitrogens with one attached hydrogen (secondary N) is 1. The van der Waals surface area contributed by atoms with E-state index in [9.17, 15) is 14.4 Å². The summed E-state index contributed by atoms with van der Waals surface area (Å²) in [5.74, 6) is -0.665. The number of fused-ring (bicyclic) bond motifs is 1. The van der Waals surface area contributed by atoms with Crippen molar-refractivity contribution >= 4 is 23.6 Å². The predicted molar refractivity (Wildman–Crippen MR) is 141 cm³/mol. The largest absolute Gasteiger partial charge is 0.467 e. The van der Waals surface area contributed by atoms with Gasteiger partial charge in [0.1, 0.15) is 6.04 Å². The Kier molecular flexibility index (Phi) is 7.12. The van der Waals surface area contributed by atoms with Crippen molar-refractivity contribution in [1.29, 1.82) is 0 Å². The van der Waals surface area contributed by atoms with E-state index >= 15 is 0 Å². The smallest absolute Gasteiger partial charge is 0.328 e. The van der Waals surface area contributed by atoms with Crippen LogP contribution in [0.4, 0.5) is 5.82 Å². The van der Waals surface area contributed by atoms with E-state index in [-0.39, 0.29) is 23.1 Å². The molecule has 0 fully saturated rings. The summed E-state index contributed by atoms with van der Waals surface area (Å²) in [5, 5.41) is 11.2. The van der Waals surface area contributed by atoms with Crippen LogP contribution in [0.2, 0.25) is 0 Å². The molecule has 4 rings (SSSR count). The van der Waals surface area contributed by atoms with Crippen molar-refractivity contribution in [2.24, 2.45) is 5.92 Å². The number of anilines is 1. The summed E-state index contributed by atoms with van der Waals surface area (Å²) in [6.45, 7) is 10.5.